The van der Waals surface area contributed by atoms with Crippen LogP contribution in [0.25, 0.3) is 44.2 Å². The summed E-state index contributed by atoms with van der Waals surface area (Å²) in [5.41, 5.74) is 19.3. The molecule has 0 N–H and O–H groups in total. The van der Waals surface area contributed by atoms with Crippen LogP contribution in [0.4, 0.5) is 28.4 Å². The topological polar surface area (TPSA) is 19.6 Å². The Hall–Kier alpha value is -6.00. The largest absolute Gasteiger partial charge is 0.454 e. The highest BCUT2D eigenvalue weighted by Gasteiger charge is 2.49. The smallest absolute Gasteiger partial charge is 0.333 e. The van der Waals surface area contributed by atoms with Crippen molar-refractivity contribution >= 4 is 68.1 Å². The lowest BCUT2D eigenvalue weighted by Crippen LogP contribution is -2.62. The molecule has 0 fully saturated rings. The van der Waals surface area contributed by atoms with Gasteiger partial charge in [0.25, 0.3) is 0 Å². The number of hydrogen-bond donors (Lipinski definition) is 0. The van der Waals surface area contributed by atoms with E-state index in [4.69, 9.17) is 4.42 Å². The van der Waals surface area contributed by atoms with Crippen molar-refractivity contribution in [3.63, 3.8) is 0 Å². The lowest BCUT2D eigenvalue weighted by atomic mass is 9.42. The number of anilines is 5. The van der Waals surface area contributed by atoms with E-state index in [0.29, 0.717) is 0 Å². The van der Waals surface area contributed by atoms with E-state index in [0.717, 1.165) is 27.6 Å². The minimum absolute atomic E-state index is 0.0678. The summed E-state index contributed by atoms with van der Waals surface area (Å²) in [5.74, 6) is 0. The molecule has 7 aromatic carbocycles. The average molecular weight is 641 g/mol. The van der Waals surface area contributed by atoms with Crippen LogP contribution in [-0.4, -0.2) is 6.85 Å². The molecule has 4 heteroatoms. The second-order valence-corrected chi connectivity index (χ2v) is 14.6. The molecule has 0 radical (unpaired) electrons. The van der Waals surface area contributed by atoms with Crippen LogP contribution in [0.15, 0.2) is 150 Å². The molecule has 0 unspecified atom stereocenters. The molecular formula is C46H33BN2O. The molecular weight excluding hydrogens is 607 g/mol. The van der Waals surface area contributed by atoms with E-state index in [1.165, 1.54) is 72.6 Å². The molecule has 4 heterocycles. The van der Waals surface area contributed by atoms with E-state index < -0.39 is 0 Å². The third-order valence-corrected chi connectivity index (χ3v) is 11.4. The lowest BCUT2D eigenvalue weighted by molar-refractivity contribution is 0.632. The highest BCUT2D eigenvalue weighted by molar-refractivity contribution is 6.93. The Balaban J connectivity index is 1.28. The van der Waals surface area contributed by atoms with Gasteiger partial charge in [-0.25, -0.2) is 0 Å². The number of aryl methyl sites for hydroxylation is 1. The van der Waals surface area contributed by atoms with Crippen molar-refractivity contribution in [1.29, 1.82) is 0 Å². The fourth-order valence-corrected chi connectivity index (χ4v) is 9.25. The molecule has 0 aliphatic carbocycles. The number of fused-ring (bicyclic) bond motifs is 9. The van der Waals surface area contributed by atoms with Crippen LogP contribution in [0.1, 0.15) is 30.5 Å². The van der Waals surface area contributed by atoms with E-state index >= 15 is 0 Å². The number of nitrogens with zero attached hydrogens (tertiary/aromatic N) is 2. The van der Waals surface area contributed by atoms with Gasteiger partial charge in [0.15, 0.2) is 5.58 Å². The summed E-state index contributed by atoms with van der Waals surface area (Å²) in [4.78, 5) is 5.15. The number of hydrogen-bond acceptors (Lipinski definition) is 3. The number of benzene rings is 7. The lowest BCUT2D eigenvalue weighted by Gasteiger charge is -2.50. The van der Waals surface area contributed by atoms with Crippen molar-refractivity contribution in [2.75, 3.05) is 9.71 Å². The molecule has 0 amide bonds. The van der Waals surface area contributed by atoms with Gasteiger partial charge in [-0.3, -0.25) is 0 Å². The maximum atomic E-state index is 6.79. The SMILES string of the molecule is Cc1cc2c3c(c1)N1c4ccccc4C(C)(C)c4cccc(c41)B3N(c1cccc3c1oc1ccccc13)c1ccc(-c3ccccc3)cc1-2. The standard InChI is InChI=1S/C46H33BN2O/c1-28-25-34-33-27-30(29-13-5-4-6-14-29)23-24-38(33)49(40-21-11-16-32-31-15-7-10-22-42(31)50-45(32)40)47-37-19-12-18-36-44(37)48(41(26-28)43(34)47)39-20-9-8-17-35(39)46(36,2)3/h4-27H,1-3H3. The second-order valence-electron chi connectivity index (χ2n) is 14.6. The number of para-hydroxylation sites is 4. The Labute approximate surface area is 292 Å². The third kappa shape index (κ3) is 3.55. The van der Waals surface area contributed by atoms with Gasteiger partial charge in [-0.05, 0) is 87.6 Å². The van der Waals surface area contributed by atoms with Gasteiger partial charge in [-0.1, -0.05) is 123 Å². The summed E-state index contributed by atoms with van der Waals surface area (Å²) in [5, 5.41) is 2.28. The molecule has 0 saturated heterocycles. The minimum atomic E-state index is -0.163. The summed E-state index contributed by atoms with van der Waals surface area (Å²) in [6.45, 7) is 6.94. The molecule has 1 aromatic heterocycles. The summed E-state index contributed by atoms with van der Waals surface area (Å²) in [7, 11) is 0. The Morgan fingerprint density at radius 1 is 0.560 bits per heavy atom. The Bertz CT molecular complexity index is 2720. The first kappa shape index (κ1) is 27.9. The van der Waals surface area contributed by atoms with Crippen molar-refractivity contribution in [3.05, 3.63) is 162 Å². The van der Waals surface area contributed by atoms with E-state index in [-0.39, 0.29) is 12.3 Å². The average Bonchev–Trinajstić information content (AvgIpc) is 3.54. The molecule has 0 saturated carbocycles. The zero-order valence-electron chi connectivity index (χ0n) is 28.2. The van der Waals surface area contributed by atoms with Crippen LogP contribution in [0.5, 0.6) is 0 Å². The summed E-state index contributed by atoms with van der Waals surface area (Å²) in [6, 6.07) is 53.6. The molecule has 11 rings (SSSR count). The van der Waals surface area contributed by atoms with E-state index in [9.17, 15) is 0 Å². The van der Waals surface area contributed by atoms with E-state index in [2.05, 4.69) is 176 Å². The molecule has 3 aliphatic heterocycles. The highest BCUT2D eigenvalue weighted by Crippen LogP contribution is 2.55. The van der Waals surface area contributed by atoms with Gasteiger partial charge in [-0.2, -0.15) is 0 Å². The molecule has 8 aromatic rings. The molecule has 0 bridgehead atoms. The summed E-state index contributed by atoms with van der Waals surface area (Å²) < 4.78 is 6.79. The van der Waals surface area contributed by atoms with Crippen LogP contribution in [0, 0.1) is 6.92 Å². The van der Waals surface area contributed by atoms with Crippen molar-refractivity contribution in [2.24, 2.45) is 0 Å². The second kappa shape index (κ2) is 9.80. The zero-order chi connectivity index (χ0) is 33.3. The van der Waals surface area contributed by atoms with Gasteiger partial charge in [0.05, 0.1) is 11.4 Å². The Morgan fingerprint density at radius 2 is 1.30 bits per heavy atom. The van der Waals surface area contributed by atoms with Gasteiger partial charge in [0, 0.05) is 38.8 Å². The molecule has 3 aliphatic rings. The van der Waals surface area contributed by atoms with Crippen molar-refractivity contribution in [3.8, 4) is 22.3 Å². The predicted octanol–water partition coefficient (Wildman–Crippen LogP) is 10.9. The maximum Gasteiger partial charge on any atom is 0.333 e. The molecule has 236 valence electrons. The Kier molecular flexibility index (Phi) is 5.47. The fraction of sp³-hybridized carbons (Fsp3) is 0.0870. The van der Waals surface area contributed by atoms with Gasteiger partial charge in [0.1, 0.15) is 5.58 Å². The number of rotatable bonds is 2. The summed E-state index contributed by atoms with van der Waals surface area (Å²) >= 11 is 0. The molecule has 0 spiro atoms. The van der Waals surface area contributed by atoms with Crippen LogP contribution in [0.2, 0.25) is 0 Å². The quantitative estimate of drug-likeness (QED) is 0.175. The summed E-state index contributed by atoms with van der Waals surface area (Å²) in [6.07, 6.45) is 0. The van der Waals surface area contributed by atoms with E-state index in [1.54, 1.807) is 0 Å². The van der Waals surface area contributed by atoms with Gasteiger partial charge in [-0.15, -0.1) is 0 Å². The monoisotopic (exact) mass is 640 g/mol. The fourth-order valence-electron chi connectivity index (χ4n) is 9.25. The van der Waals surface area contributed by atoms with Crippen molar-refractivity contribution < 1.29 is 4.42 Å². The molecule has 3 nitrogen and oxygen atoms in total. The van der Waals surface area contributed by atoms with Gasteiger partial charge >= 0.3 is 6.85 Å². The maximum absolute atomic E-state index is 6.79. The van der Waals surface area contributed by atoms with Gasteiger partial charge in [0.2, 0.25) is 0 Å². The first-order valence-corrected chi connectivity index (χ1v) is 17.6. The zero-order valence-corrected chi connectivity index (χ0v) is 28.2. The van der Waals surface area contributed by atoms with Crippen molar-refractivity contribution in [1.82, 2.24) is 0 Å². The highest BCUT2D eigenvalue weighted by atomic mass is 16.3. The first-order chi connectivity index (χ1) is 24.5. The van der Waals surface area contributed by atoms with Crippen molar-refractivity contribution in [2.45, 2.75) is 26.2 Å². The van der Waals surface area contributed by atoms with Crippen LogP contribution in [-0.2, 0) is 5.41 Å². The van der Waals surface area contributed by atoms with E-state index in [1.807, 2.05) is 0 Å². The van der Waals surface area contributed by atoms with Gasteiger partial charge < -0.3 is 14.1 Å². The van der Waals surface area contributed by atoms with Crippen LogP contribution < -0.4 is 20.6 Å². The normalized spacial score (nSPS) is 14.7. The third-order valence-electron chi connectivity index (χ3n) is 11.4. The molecule has 0 atom stereocenters. The predicted molar refractivity (Wildman–Crippen MR) is 210 cm³/mol. The Morgan fingerprint density at radius 3 is 2.20 bits per heavy atom. The van der Waals surface area contributed by atoms with Crippen LogP contribution in [0.3, 0.4) is 0 Å². The number of furan rings is 1. The minimum Gasteiger partial charge on any atom is -0.454 e. The first-order valence-electron chi connectivity index (χ1n) is 17.6. The molecule has 50 heavy (non-hydrogen) atoms. The van der Waals surface area contributed by atoms with Crippen LogP contribution >= 0.6 is 0 Å².